The summed E-state index contributed by atoms with van der Waals surface area (Å²) < 4.78 is 34.5. The van der Waals surface area contributed by atoms with Gasteiger partial charge in [0, 0.05) is 38.5 Å². The number of methoxy groups -OCH3 is 6. The van der Waals surface area contributed by atoms with Gasteiger partial charge in [-0.15, -0.1) is 0 Å². The maximum atomic E-state index is 11.5. The number of hydrogen-bond acceptors (Lipinski definition) is 29. The summed E-state index contributed by atoms with van der Waals surface area (Å²) in [5.41, 5.74) is 5.51. The Morgan fingerprint density at radius 1 is 0.287 bits per heavy atom. The van der Waals surface area contributed by atoms with Gasteiger partial charge in [-0.3, -0.25) is 67.1 Å². The molecule has 122 heavy (non-hydrogen) atoms. The van der Waals surface area contributed by atoms with Crippen molar-refractivity contribution in [2.24, 2.45) is 0 Å². The highest BCUT2D eigenvalue weighted by molar-refractivity contribution is 6.07. The summed E-state index contributed by atoms with van der Waals surface area (Å²) in [6, 6.07) is 33.3. The van der Waals surface area contributed by atoms with Crippen molar-refractivity contribution in [3.63, 3.8) is 0 Å². The van der Waals surface area contributed by atoms with Gasteiger partial charge in [0.2, 0.25) is 0 Å². The molecule has 0 saturated carbocycles. The highest BCUT2D eigenvalue weighted by Crippen LogP contribution is 2.33. The molecule has 0 aliphatic carbocycles. The lowest BCUT2D eigenvalue weighted by Gasteiger charge is -2.06. The first-order valence-electron chi connectivity index (χ1n) is 38.0. The van der Waals surface area contributed by atoms with Crippen molar-refractivity contribution in [2.45, 2.75) is 151 Å². The van der Waals surface area contributed by atoms with Crippen molar-refractivity contribution < 1.29 is 146 Å². The number of esters is 1. The summed E-state index contributed by atoms with van der Waals surface area (Å²) in [5.74, 6) is -1.48. The van der Waals surface area contributed by atoms with E-state index in [1.54, 1.807) is 112 Å². The molecule has 0 amide bonds. The van der Waals surface area contributed by atoms with E-state index >= 15 is 0 Å². The average molecular weight is 1690 g/mol. The molecule has 0 radical (unpaired) electrons. The number of phenolic OH excluding ortho intramolecular Hbond substituents is 8. The highest BCUT2D eigenvalue weighted by Gasteiger charge is 2.16. The molecule has 0 unspecified atom stereocenters. The zero-order valence-corrected chi connectivity index (χ0v) is 70.4. The van der Waals surface area contributed by atoms with Gasteiger partial charge in [-0.1, -0.05) is 74.5 Å². The summed E-state index contributed by atoms with van der Waals surface area (Å²) in [4.78, 5) is 155. The van der Waals surface area contributed by atoms with Crippen LogP contribution in [0.2, 0.25) is 0 Å². The number of ketones is 12. The van der Waals surface area contributed by atoms with Crippen molar-refractivity contribution in [3.8, 4) is 80.5 Å². The Morgan fingerprint density at radius 3 is 0.836 bits per heavy atom. The fraction of sp³-hybridized carbons (Fsp3) is 0.326. The van der Waals surface area contributed by atoms with E-state index in [1.165, 1.54) is 136 Å². The molecular formula is C92H108O30. The van der Waals surface area contributed by atoms with Crippen LogP contribution in [0.5, 0.6) is 80.5 Å². The Bertz CT molecular complexity index is 4710. The van der Waals surface area contributed by atoms with E-state index < -0.39 is 18.4 Å². The zero-order chi connectivity index (χ0) is 92.0. The van der Waals surface area contributed by atoms with Crippen LogP contribution in [0.15, 0.2) is 146 Å². The van der Waals surface area contributed by atoms with E-state index in [9.17, 15) is 103 Å². The van der Waals surface area contributed by atoms with Gasteiger partial charge in [0.25, 0.3) is 0 Å². The number of hydrogen-bond donors (Lipinski definition) is 9. The number of aromatic hydroxyl groups is 8. The number of phenols is 8. The SMILES string of the molecule is CC(=O)CC(=O)/C=C/c1ccc(O)c(O)c1.CCC(=O)CC(=O)/C=C/c1ccc(O)c(OC)c1.CCC(=O)CC(=O)CCc1ccc(O)c(OC)c1.CCOC(=O)CC(=O)CCc1ccc(O)c(OC)c1.COc1cc(/C=C/C(=O)CC(C)=O)ccc1O.COc1cc(CCC(=O)CC(=O)O)ccc1O.COc1cc(CCC(=O)CC(C)=O)ccc1O. The second kappa shape index (κ2) is 58.7. The predicted molar refractivity (Wildman–Crippen MR) is 452 cm³/mol. The van der Waals surface area contributed by atoms with Gasteiger partial charge >= 0.3 is 11.9 Å². The van der Waals surface area contributed by atoms with Gasteiger partial charge in [0.1, 0.15) is 64.9 Å². The number of allylic oxidation sites excluding steroid dienone is 3. The van der Waals surface area contributed by atoms with Gasteiger partial charge in [0.05, 0.1) is 81.4 Å². The zero-order valence-electron chi connectivity index (χ0n) is 70.4. The van der Waals surface area contributed by atoms with Crippen LogP contribution in [0.25, 0.3) is 18.2 Å². The lowest BCUT2D eigenvalue weighted by atomic mass is 10.0. The summed E-state index contributed by atoms with van der Waals surface area (Å²) in [6.07, 6.45) is 11.6. The molecule has 30 heteroatoms. The molecule has 7 aromatic rings. The van der Waals surface area contributed by atoms with Gasteiger partial charge in [0.15, 0.2) is 97.8 Å². The smallest absolute Gasteiger partial charge is 0.313 e. The summed E-state index contributed by atoms with van der Waals surface area (Å²) in [7, 11) is 8.75. The minimum Gasteiger partial charge on any atom is -0.504 e. The molecule has 7 aromatic carbocycles. The van der Waals surface area contributed by atoms with Crippen LogP contribution in [-0.4, -0.2) is 177 Å². The van der Waals surface area contributed by atoms with Crippen LogP contribution in [-0.2, 0) is 97.5 Å². The number of Topliss-reactive ketones (excluding diaryl/α,β-unsaturated/α-hetero) is 9. The van der Waals surface area contributed by atoms with E-state index in [4.69, 9.17) is 43.4 Å². The molecule has 0 aromatic heterocycles. The van der Waals surface area contributed by atoms with Crippen molar-refractivity contribution >= 4 is 99.6 Å². The summed E-state index contributed by atoms with van der Waals surface area (Å²) in [5, 5.41) is 83.1. The number of aryl methyl sites for hydroxylation is 4. The van der Waals surface area contributed by atoms with Crippen LogP contribution in [0.3, 0.4) is 0 Å². The Kier molecular flexibility index (Phi) is 51.0. The average Bonchev–Trinajstić information content (AvgIpc) is 0.950. The summed E-state index contributed by atoms with van der Waals surface area (Å²) >= 11 is 0. The Hall–Kier alpha value is -14.1. The molecule has 0 fully saturated rings. The van der Waals surface area contributed by atoms with Gasteiger partial charge in [-0.2, -0.15) is 0 Å². The second-order valence-corrected chi connectivity index (χ2v) is 26.5. The van der Waals surface area contributed by atoms with Gasteiger partial charge in [-0.05, 0) is 195 Å². The molecular weight excluding hydrogens is 1580 g/mol. The van der Waals surface area contributed by atoms with Crippen molar-refractivity contribution in [2.75, 3.05) is 49.3 Å². The van der Waals surface area contributed by atoms with Gasteiger partial charge in [-0.25, -0.2) is 0 Å². The molecule has 0 heterocycles. The lowest BCUT2D eigenvalue weighted by Crippen LogP contribution is -2.11. The number of ether oxygens (including phenoxy) is 7. The topological polar surface area (TPSA) is 486 Å². The Morgan fingerprint density at radius 2 is 0.549 bits per heavy atom. The molecule has 0 bridgehead atoms. The highest BCUT2D eigenvalue weighted by atomic mass is 16.5. The first-order valence-corrected chi connectivity index (χ1v) is 38.0. The standard InChI is InChI=1S/C14H18O5.C14H18O4.C14H16O4.C13H16O4.C13H14O4.C12H14O5.C12H12O4/c1-3-19-14(17)9-11(15)6-4-10-5-7-12(16)13(8-10)18-2;2*1-3-11(15)9-12(16)6-4-10-5-7-13(17)14(8-10)18-2;2*1-9(14)7-11(15)5-3-10-4-6-12(16)13(8-10)17-2;1-17-11-6-8(3-5-10(11)14)2-4-9(13)7-12(15)16;1-8(13)6-10(14)4-2-9-3-5-11(15)12(16)7-9/h5,7-8,16H,3-4,6,9H2,1-2H3;5,7-8,17H,3-4,6,9H2,1-2H3;4-8,17H,3,9H2,1-2H3;4,6,8,16H,3,5,7H2,1-2H3;3-6,8,16H,7H2,1-2H3;3,5-6,14H,2,4,7H2,1H3,(H,15,16);2-5,7,15-16H,6H2,1H3/b;;6-4+;;5-3+;;4-2+. The van der Waals surface area contributed by atoms with E-state index in [-0.39, 0.29) is 173 Å². The fourth-order valence-electron chi connectivity index (χ4n) is 9.96. The van der Waals surface area contributed by atoms with Crippen LogP contribution in [0, 0.1) is 0 Å². The molecule has 0 aliphatic heterocycles. The van der Waals surface area contributed by atoms with Crippen molar-refractivity contribution in [3.05, 3.63) is 185 Å². The number of carbonyl (C=O) groups excluding carboxylic acids is 13. The molecule has 9 N–H and O–H groups in total. The van der Waals surface area contributed by atoms with Crippen molar-refractivity contribution in [1.82, 2.24) is 0 Å². The predicted octanol–water partition coefficient (Wildman–Crippen LogP) is 13.4. The maximum absolute atomic E-state index is 11.5. The van der Waals surface area contributed by atoms with E-state index in [0.717, 1.165) is 33.4 Å². The monoisotopic (exact) mass is 1690 g/mol. The third-order valence-corrected chi connectivity index (χ3v) is 16.4. The molecule has 656 valence electrons. The van der Waals surface area contributed by atoms with Crippen LogP contribution < -0.4 is 28.4 Å². The van der Waals surface area contributed by atoms with E-state index in [2.05, 4.69) is 0 Å². The number of aliphatic carboxylic acids is 1. The Labute approximate surface area is 707 Å². The third kappa shape index (κ3) is 46.2. The number of carboxylic acid groups (broad SMARTS) is 1. The van der Waals surface area contributed by atoms with Crippen molar-refractivity contribution in [1.29, 1.82) is 0 Å². The Balaban J connectivity index is 0.000000712. The lowest BCUT2D eigenvalue weighted by molar-refractivity contribution is -0.146. The van der Waals surface area contributed by atoms with Crippen LogP contribution >= 0.6 is 0 Å². The molecule has 0 atom stereocenters. The number of rotatable bonds is 41. The molecule has 0 saturated heterocycles. The van der Waals surface area contributed by atoms with E-state index in [1.807, 2.05) is 0 Å². The molecule has 0 spiro atoms. The summed E-state index contributed by atoms with van der Waals surface area (Å²) in [6.45, 7) is 9.58. The minimum atomic E-state index is -1.11. The fourth-order valence-corrected chi connectivity index (χ4v) is 9.96. The van der Waals surface area contributed by atoms with E-state index in [0.29, 0.717) is 91.4 Å². The normalized spacial score (nSPS) is 10.2. The van der Waals surface area contributed by atoms with Crippen LogP contribution in [0.4, 0.5) is 0 Å². The quantitative estimate of drug-likeness (QED) is 0.00744. The number of carbonyl (C=O) groups is 14. The van der Waals surface area contributed by atoms with Crippen LogP contribution in [0.1, 0.15) is 164 Å². The largest absolute Gasteiger partial charge is 0.504 e. The molecule has 0 aliphatic rings. The minimum absolute atomic E-state index is 0.00474. The molecule has 30 nitrogen and oxygen atoms in total. The molecule has 7 rings (SSSR count). The maximum Gasteiger partial charge on any atom is 0.313 e. The first kappa shape index (κ1) is 106. The number of carboxylic acids is 1. The third-order valence-electron chi connectivity index (χ3n) is 16.4. The number of benzene rings is 7. The first-order chi connectivity index (χ1) is 57.7. The van der Waals surface area contributed by atoms with Gasteiger partial charge < -0.3 is 79.1 Å². The second-order valence-electron chi connectivity index (χ2n) is 26.5.